The van der Waals surface area contributed by atoms with Crippen molar-refractivity contribution in [2.75, 3.05) is 13.2 Å². The lowest BCUT2D eigenvalue weighted by Crippen LogP contribution is -2.09. The van der Waals surface area contributed by atoms with Crippen molar-refractivity contribution in [3.63, 3.8) is 0 Å². The summed E-state index contributed by atoms with van der Waals surface area (Å²) in [6.45, 7) is -0.358. The van der Waals surface area contributed by atoms with Crippen LogP contribution < -0.4 is 9.47 Å². The molecule has 1 fully saturated rings. The van der Waals surface area contributed by atoms with Crippen molar-refractivity contribution in [2.24, 2.45) is 5.92 Å². The molecular formula is C21H23F2NO4. The molecule has 1 saturated carbocycles. The Bertz CT molecular complexity index is 809. The van der Waals surface area contributed by atoms with Crippen LogP contribution in [0.1, 0.15) is 41.5 Å². The van der Waals surface area contributed by atoms with E-state index in [0.717, 1.165) is 24.1 Å². The number of carbonyl (C=O) groups is 1. The van der Waals surface area contributed by atoms with Crippen molar-refractivity contribution >= 4 is 5.97 Å². The Labute approximate surface area is 162 Å². The van der Waals surface area contributed by atoms with E-state index in [4.69, 9.17) is 9.47 Å². The number of aromatic nitrogens is 1. The molecule has 1 aliphatic carbocycles. The number of hydrogen-bond acceptors (Lipinski definition) is 5. The van der Waals surface area contributed by atoms with E-state index in [2.05, 4.69) is 9.72 Å². The molecule has 2 aromatic rings. The second-order valence-corrected chi connectivity index (χ2v) is 6.65. The highest BCUT2D eigenvalue weighted by Gasteiger charge is 2.23. The third-order valence-electron chi connectivity index (χ3n) is 4.36. The second kappa shape index (κ2) is 9.48. The number of halogens is 2. The van der Waals surface area contributed by atoms with Crippen LogP contribution >= 0.6 is 0 Å². The van der Waals surface area contributed by atoms with Gasteiger partial charge in [0.1, 0.15) is 5.69 Å². The van der Waals surface area contributed by atoms with E-state index < -0.39 is 12.6 Å². The number of nitrogens with zero attached hydrogens (tertiary/aromatic N) is 1. The predicted octanol–water partition coefficient (Wildman–Crippen LogP) is 4.43. The molecule has 0 saturated heterocycles. The molecule has 0 spiro atoms. The van der Waals surface area contributed by atoms with Gasteiger partial charge >= 0.3 is 12.6 Å². The Kier molecular flexibility index (Phi) is 6.79. The molecule has 150 valence electrons. The number of ether oxygens (including phenoxy) is 3. The molecule has 0 amide bonds. The molecule has 1 aliphatic rings. The highest BCUT2D eigenvalue weighted by Crippen LogP contribution is 2.34. The molecule has 0 bridgehead atoms. The predicted molar refractivity (Wildman–Crippen MR) is 98.9 cm³/mol. The second-order valence-electron chi connectivity index (χ2n) is 6.65. The zero-order valence-electron chi connectivity index (χ0n) is 15.7. The third-order valence-corrected chi connectivity index (χ3v) is 4.36. The van der Waals surface area contributed by atoms with Gasteiger partial charge in [0.15, 0.2) is 11.5 Å². The summed E-state index contributed by atoms with van der Waals surface area (Å²) >= 11 is 0. The van der Waals surface area contributed by atoms with Crippen LogP contribution in [0.5, 0.6) is 11.5 Å². The zero-order chi connectivity index (χ0) is 19.9. The van der Waals surface area contributed by atoms with Crippen LogP contribution in [-0.2, 0) is 17.6 Å². The smallest absolute Gasteiger partial charge is 0.387 e. The SMILES string of the molecule is CCOC(=O)c1cccc(CCc2ccc(OC(F)F)c(OCC3CC3)c2)n1. The van der Waals surface area contributed by atoms with Crippen LogP contribution in [0.4, 0.5) is 8.78 Å². The lowest BCUT2D eigenvalue weighted by atomic mass is 10.1. The Morgan fingerprint density at radius 2 is 2.00 bits per heavy atom. The van der Waals surface area contributed by atoms with E-state index in [1.807, 2.05) is 6.07 Å². The fourth-order valence-corrected chi connectivity index (χ4v) is 2.72. The summed E-state index contributed by atoms with van der Waals surface area (Å²) in [5.41, 5.74) is 1.93. The van der Waals surface area contributed by atoms with Crippen molar-refractivity contribution in [1.29, 1.82) is 0 Å². The fraction of sp³-hybridized carbons (Fsp3) is 0.429. The van der Waals surface area contributed by atoms with Gasteiger partial charge in [-0.1, -0.05) is 12.1 Å². The number of alkyl halides is 2. The minimum Gasteiger partial charge on any atom is -0.489 e. The molecule has 1 heterocycles. The number of rotatable bonds is 10. The Balaban J connectivity index is 1.67. The molecule has 0 N–H and O–H groups in total. The van der Waals surface area contributed by atoms with Gasteiger partial charge in [-0.25, -0.2) is 9.78 Å². The average molecular weight is 391 g/mol. The highest BCUT2D eigenvalue weighted by molar-refractivity contribution is 5.87. The summed E-state index contributed by atoms with van der Waals surface area (Å²) in [6.07, 6.45) is 3.42. The molecule has 28 heavy (non-hydrogen) atoms. The quantitative estimate of drug-likeness (QED) is 0.561. The van der Waals surface area contributed by atoms with E-state index in [1.165, 1.54) is 6.07 Å². The molecule has 5 nitrogen and oxygen atoms in total. The number of pyridine rings is 1. The maximum atomic E-state index is 12.6. The molecule has 0 unspecified atom stereocenters. The molecule has 3 rings (SSSR count). The summed E-state index contributed by atoms with van der Waals surface area (Å²) in [5, 5.41) is 0. The monoisotopic (exact) mass is 391 g/mol. The highest BCUT2D eigenvalue weighted by atomic mass is 19.3. The lowest BCUT2D eigenvalue weighted by Gasteiger charge is -2.13. The first-order chi connectivity index (χ1) is 13.5. The van der Waals surface area contributed by atoms with Crippen molar-refractivity contribution in [3.05, 3.63) is 53.3 Å². The first-order valence-corrected chi connectivity index (χ1v) is 9.38. The molecule has 0 radical (unpaired) electrons. The van der Waals surface area contributed by atoms with Crippen molar-refractivity contribution in [1.82, 2.24) is 4.98 Å². The first kappa shape index (κ1) is 20.0. The van der Waals surface area contributed by atoms with E-state index in [9.17, 15) is 13.6 Å². The van der Waals surface area contributed by atoms with Crippen LogP contribution in [0.25, 0.3) is 0 Å². The molecule has 1 aromatic heterocycles. The molecule has 0 aliphatic heterocycles. The van der Waals surface area contributed by atoms with Gasteiger partial charge in [0.25, 0.3) is 0 Å². The maximum Gasteiger partial charge on any atom is 0.387 e. The van der Waals surface area contributed by atoms with Crippen LogP contribution in [-0.4, -0.2) is 30.8 Å². The Hall–Kier alpha value is -2.70. The Morgan fingerprint density at radius 3 is 2.71 bits per heavy atom. The fourth-order valence-electron chi connectivity index (χ4n) is 2.72. The van der Waals surface area contributed by atoms with Gasteiger partial charge in [0, 0.05) is 5.69 Å². The van der Waals surface area contributed by atoms with Gasteiger partial charge < -0.3 is 14.2 Å². The van der Waals surface area contributed by atoms with Gasteiger partial charge in [-0.15, -0.1) is 0 Å². The van der Waals surface area contributed by atoms with E-state index in [1.54, 1.807) is 31.2 Å². The lowest BCUT2D eigenvalue weighted by molar-refractivity contribution is -0.0515. The maximum absolute atomic E-state index is 12.6. The topological polar surface area (TPSA) is 57.7 Å². The van der Waals surface area contributed by atoms with Crippen LogP contribution in [0.15, 0.2) is 36.4 Å². The van der Waals surface area contributed by atoms with Gasteiger partial charge in [0.05, 0.1) is 13.2 Å². The summed E-state index contributed by atoms with van der Waals surface area (Å²) in [6, 6.07) is 10.2. The van der Waals surface area contributed by atoms with E-state index in [0.29, 0.717) is 37.7 Å². The summed E-state index contributed by atoms with van der Waals surface area (Å²) in [7, 11) is 0. The van der Waals surface area contributed by atoms with Crippen LogP contribution in [0, 0.1) is 5.92 Å². The Morgan fingerprint density at radius 1 is 1.18 bits per heavy atom. The number of esters is 1. The standard InChI is InChI=1S/C21H23F2NO4/c1-2-26-20(25)17-5-3-4-16(24-17)10-8-14-9-11-18(28-21(22)23)19(12-14)27-13-15-6-7-15/h3-5,9,11-12,15,21H,2,6-8,10,13H2,1H3. The number of carbonyl (C=O) groups excluding carboxylic acids is 1. The summed E-state index contributed by atoms with van der Waals surface area (Å²) in [4.78, 5) is 16.1. The number of aryl methyl sites for hydroxylation is 2. The van der Waals surface area contributed by atoms with Gasteiger partial charge in [-0.2, -0.15) is 8.78 Å². The summed E-state index contributed by atoms with van der Waals surface area (Å²) in [5.74, 6) is 0.422. The minimum absolute atomic E-state index is 0.0434. The number of hydrogen-bond donors (Lipinski definition) is 0. The van der Waals surface area contributed by atoms with Crippen molar-refractivity contribution in [3.8, 4) is 11.5 Å². The molecule has 7 heteroatoms. The largest absolute Gasteiger partial charge is 0.489 e. The molecule has 0 atom stereocenters. The van der Waals surface area contributed by atoms with Crippen LogP contribution in [0.3, 0.4) is 0 Å². The van der Waals surface area contributed by atoms with Crippen molar-refractivity contribution in [2.45, 2.75) is 39.2 Å². The van der Waals surface area contributed by atoms with Gasteiger partial charge in [-0.05, 0) is 68.4 Å². The molecular weight excluding hydrogens is 368 g/mol. The average Bonchev–Trinajstić information content (AvgIpc) is 3.50. The molecule has 1 aromatic carbocycles. The van der Waals surface area contributed by atoms with Gasteiger partial charge in [0.2, 0.25) is 0 Å². The minimum atomic E-state index is -2.90. The third kappa shape index (κ3) is 5.90. The zero-order valence-corrected chi connectivity index (χ0v) is 15.7. The summed E-state index contributed by atoms with van der Waals surface area (Å²) < 4.78 is 40.5. The van der Waals surface area contributed by atoms with E-state index in [-0.39, 0.29) is 11.4 Å². The van der Waals surface area contributed by atoms with Crippen molar-refractivity contribution < 1.29 is 27.8 Å². The normalized spacial score (nSPS) is 13.4. The van der Waals surface area contributed by atoms with Crippen LogP contribution in [0.2, 0.25) is 0 Å². The van der Waals surface area contributed by atoms with Gasteiger partial charge in [-0.3, -0.25) is 0 Å². The number of benzene rings is 1. The van der Waals surface area contributed by atoms with E-state index >= 15 is 0 Å². The first-order valence-electron chi connectivity index (χ1n) is 9.38.